The molecule has 0 spiro atoms. The third-order valence-corrected chi connectivity index (χ3v) is 3.82. The molecule has 2 aliphatic rings. The van der Waals surface area contributed by atoms with Crippen LogP contribution in [0.5, 0.6) is 0 Å². The number of amides is 2. The van der Waals surface area contributed by atoms with Crippen molar-refractivity contribution >= 4 is 24.2 Å². The lowest BCUT2D eigenvalue weighted by Gasteiger charge is -2.32. The van der Waals surface area contributed by atoms with Crippen molar-refractivity contribution in [3.8, 4) is 0 Å². The maximum Gasteiger partial charge on any atom is 0.240 e. The standard InChI is InChI=1S/C14H25N3O3.ClH/c1-2-6-17-7-5-15-12(14(17)19)9-13(18)16-10-11-4-3-8-20-11;/h11-12,15H,2-10H2,1H3,(H,16,18);1H. The van der Waals surface area contributed by atoms with Crippen LogP contribution in [-0.4, -0.2) is 61.6 Å². The van der Waals surface area contributed by atoms with Crippen molar-refractivity contribution in [1.82, 2.24) is 15.5 Å². The predicted molar refractivity (Wildman–Crippen MR) is 82.5 cm³/mol. The first-order valence-electron chi connectivity index (χ1n) is 7.61. The van der Waals surface area contributed by atoms with E-state index in [1.807, 2.05) is 4.90 Å². The predicted octanol–water partition coefficient (Wildman–Crippen LogP) is 0.304. The Bertz CT molecular complexity index is 346. The molecule has 2 unspecified atom stereocenters. The number of hydrogen-bond donors (Lipinski definition) is 2. The Hall–Kier alpha value is -0.850. The molecule has 2 atom stereocenters. The highest BCUT2D eigenvalue weighted by molar-refractivity contribution is 5.88. The molecule has 0 aromatic rings. The number of nitrogens with zero attached hydrogens (tertiary/aromatic N) is 1. The third kappa shape index (κ3) is 5.45. The number of rotatable bonds is 6. The zero-order valence-electron chi connectivity index (χ0n) is 12.6. The molecule has 2 amide bonds. The smallest absolute Gasteiger partial charge is 0.240 e. The van der Waals surface area contributed by atoms with Gasteiger partial charge in [0, 0.05) is 32.8 Å². The molecule has 0 aliphatic carbocycles. The zero-order chi connectivity index (χ0) is 14.4. The minimum absolute atomic E-state index is 0. The largest absolute Gasteiger partial charge is 0.376 e. The van der Waals surface area contributed by atoms with Gasteiger partial charge in [0.1, 0.15) is 0 Å². The summed E-state index contributed by atoms with van der Waals surface area (Å²) in [6.07, 6.45) is 3.38. The van der Waals surface area contributed by atoms with Gasteiger partial charge in [0.25, 0.3) is 0 Å². The highest BCUT2D eigenvalue weighted by atomic mass is 35.5. The highest BCUT2D eigenvalue weighted by Gasteiger charge is 2.29. The van der Waals surface area contributed by atoms with Gasteiger partial charge in [-0.15, -0.1) is 12.4 Å². The van der Waals surface area contributed by atoms with Crippen molar-refractivity contribution in [2.45, 2.75) is 44.8 Å². The summed E-state index contributed by atoms with van der Waals surface area (Å²) in [7, 11) is 0. The first-order valence-corrected chi connectivity index (χ1v) is 7.61. The number of nitrogens with one attached hydrogen (secondary N) is 2. The van der Waals surface area contributed by atoms with Gasteiger partial charge >= 0.3 is 0 Å². The van der Waals surface area contributed by atoms with Gasteiger partial charge < -0.3 is 20.3 Å². The Kier molecular flexibility index (Phi) is 8.00. The van der Waals surface area contributed by atoms with Crippen molar-refractivity contribution in [2.24, 2.45) is 0 Å². The number of carbonyl (C=O) groups is 2. The number of hydrogen-bond acceptors (Lipinski definition) is 4. The van der Waals surface area contributed by atoms with Gasteiger partial charge in [-0.25, -0.2) is 0 Å². The molecule has 0 aromatic carbocycles. The van der Waals surface area contributed by atoms with Crippen LogP contribution in [0.3, 0.4) is 0 Å². The molecule has 2 rings (SSSR count). The number of ether oxygens (including phenoxy) is 1. The Morgan fingerprint density at radius 3 is 3.00 bits per heavy atom. The molecule has 2 fully saturated rings. The Labute approximate surface area is 132 Å². The lowest BCUT2D eigenvalue weighted by molar-refractivity contribution is -0.138. The van der Waals surface area contributed by atoms with Crippen LogP contribution in [0.15, 0.2) is 0 Å². The molecular weight excluding hydrogens is 294 g/mol. The summed E-state index contributed by atoms with van der Waals surface area (Å²) in [6.45, 7) is 5.66. The van der Waals surface area contributed by atoms with Crippen LogP contribution in [0.4, 0.5) is 0 Å². The summed E-state index contributed by atoms with van der Waals surface area (Å²) < 4.78 is 5.46. The minimum atomic E-state index is -0.375. The van der Waals surface area contributed by atoms with E-state index in [9.17, 15) is 9.59 Å². The van der Waals surface area contributed by atoms with E-state index >= 15 is 0 Å². The lowest BCUT2D eigenvalue weighted by atomic mass is 10.1. The quantitative estimate of drug-likeness (QED) is 0.739. The second-order valence-corrected chi connectivity index (χ2v) is 5.48. The fraction of sp³-hybridized carbons (Fsp3) is 0.857. The molecule has 2 saturated heterocycles. The van der Waals surface area contributed by atoms with Crippen molar-refractivity contribution in [3.05, 3.63) is 0 Å². The fourth-order valence-electron chi connectivity index (χ4n) is 2.73. The first-order chi connectivity index (χ1) is 9.70. The Balaban J connectivity index is 0.00000220. The van der Waals surface area contributed by atoms with Crippen LogP contribution in [0.2, 0.25) is 0 Å². The monoisotopic (exact) mass is 319 g/mol. The van der Waals surface area contributed by atoms with Gasteiger partial charge in [-0.05, 0) is 19.3 Å². The first kappa shape index (κ1) is 18.2. The topological polar surface area (TPSA) is 70.7 Å². The molecule has 122 valence electrons. The minimum Gasteiger partial charge on any atom is -0.376 e. The second kappa shape index (κ2) is 9.23. The maximum atomic E-state index is 12.2. The SMILES string of the molecule is CCCN1CCNC(CC(=O)NCC2CCCO2)C1=O.Cl. The van der Waals surface area contributed by atoms with Crippen molar-refractivity contribution < 1.29 is 14.3 Å². The molecule has 0 aromatic heterocycles. The molecule has 21 heavy (non-hydrogen) atoms. The summed E-state index contributed by atoms with van der Waals surface area (Å²) in [5.41, 5.74) is 0. The molecule has 2 heterocycles. The van der Waals surface area contributed by atoms with Crippen LogP contribution in [-0.2, 0) is 14.3 Å². The molecule has 2 N–H and O–H groups in total. The summed E-state index contributed by atoms with van der Waals surface area (Å²) in [6, 6.07) is -0.375. The summed E-state index contributed by atoms with van der Waals surface area (Å²) in [5, 5.41) is 6.00. The molecule has 2 aliphatic heterocycles. The molecular formula is C14H26ClN3O3. The van der Waals surface area contributed by atoms with Crippen LogP contribution < -0.4 is 10.6 Å². The van der Waals surface area contributed by atoms with Gasteiger partial charge in [0.05, 0.1) is 18.6 Å². The Morgan fingerprint density at radius 2 is 2.33 bits per heavy atom. The van der Waals surface area contributed by atoms with E-state index in [1.54, 1.807) is 0 Å². The molecule has 7 heteroatoms. The van der Waals surface area contributed by atoms with E-state index in [0.29, 0.717) is 6.54 Å². The number of carbonyl (C=O) groups excluding carboxylic acids is 2. The van der Waals surface area contributed by atoms with E-state index in [4.69, 9.17) is 4.74 Å². The van der Waals surface area contributed by atoms with Gasteiger partial charge in [-0.2, -0.15) is 0 Å². The van der Waals surface area contributed by atoms with Gasteiger partial charge in [0.15, 0.2) is 0 Å². The normalized spacial score (nSPS) is 25.6. The summed E-state index contributed by atoms with van der Waals surface area (Å²) in [5.74, 6) is -0.0323. The van der Waals surface area contributed by atoms with Crippen LogP contribution >= 0.6 is 12.4 Å². The van der Waals surface area contributed by atoms with E-state index in [-0.39, 0.29) is 42.8 Å². The number of piperazine rings is 1. The van der Waals surface area contributed by atoms with Crippen LogP contribution in [0, 0.1) is 0 Å². The summed E-state index contributed by atoms with van der Waals surface area (Å²) >= 11 is 0. The van der Waals surface area contributed by atoms with Crippen molar-refractivity contribution in [3.63, 3.8) is 0 Å². The second-order valence-electron chi connectivity index (χ2n) is 5.48. The highest BCUT2D eigenvalue weighted by Crippen LogP contribution is 2.11. The third-order valence-electron chi connectivity index (χ3n) is 3.82. The maximum absolute atomic E-state index is 12.2. The van der Waals surface area contributed by atoms with E-state index in [2.05, 4.69) is 17.6 Å². The number of halogens is 1. The Morgan fingerprint density at radius 1 is 1.52 bits per heavy atom. The van der Waals surface area contributed by atoms with Crippen molar-refractivity contribution in [1.29, 1.82) is 0 Å². The van der Waals surface area contributed by atoms with Crippen LogP contribution in [0.25, 0.3) is 0 Å². The van der Waals surface area contributed by atoms with Crippen LogP contribution in [0.1, 0.15) is 32.6 Å². The molecule has 6 nitrogen and oxygen atoms in total. The lowest BCUT2D eigenvalue weighted by Crippen LogP contribution is -2.56. The van der Waals surface area contributed by atoms with E-state index in [1.165, 1.54) is 0 Å². The molecule has 0 saturated carbocycles. The zero-order valence-corrected chi connectivity index (χ0v) is 13.4. The average molecular weight is 320 g/mol. The van der Waals surface area contributed by atoms with E-state index < -0.39 is 0 Å². The van der Waals surface area contributed by atoms with Gasteiger partial charge in [-0.3, -0.25) is 9.59 Å². The molecule has 0 radical (unpaired) electrons. The van der Waals surface area contributed by atoms with Crippen molar-refractivity contribution in [2.75, 3.05) is 32.8 Å². The molecule has 0 bridgehead atoms. The van der Waals surface area contributed by atoms with Gasteiger partial charge in [0.2, 0.25) is 11.8 Å². The summed E-state index contributed by atoms with van der Waals surface area (Å²) in [4.78, 5) is 25.9. The average Bonchev–Trinajstić information content (AvgIpc) is 2.94. The van der Waals surface area contributed by atoms with E-state index in [0.717, 1.165) is 45.5 Å². The fourth-order valence-corrected chi connectivity index (χ4v) is 2.73. The van der Waals surface area contributed by atoms with Gasteiger partial charge in [-0.1, -0.05) is 6.92 Å².